The standard InChI is InChI=1S/C34H42N2O5S/c1-5-7-10-18-41-33(40)28-27-15-16-34(42-27)29(28)31(38)36(26(21-37)19-22(3)4)30(34)32(39)35(17-6-2)25-14-13-23-11-8-9-12-24(23)20-25/h5-6,8-9,11-14,20,22,26-30,37H,1-2,7,10,15-19,21H2,3-4H3/t26-,27+,28-,29+,30?,34?/m1/s1. The van der Waals surface area contributed by atoms with Crippen LogP contribution in [0.25, 0.3) is 10.8 Å². The molecule has 6 atom stereocenters. The van der Waals surface area contributed by atoms with Crippen molar-refractivity contribution in [3.05, 3.63) is 67.8 Å². The average Bonchev–Trinajstić information content (AvgIpc) is 3.63. The van der Waals surface area contributed by atoms with Crippen molar-refractivity contribution in [1.29, 1.82) is 0 Å². The zero-order valence-corrected chi connectivity index (χ0v) is 25.4. The molecule has 0 aliphatic carbocycles. The van der Waals surface area contributed by atoms with Crippen molar-refractivity contribution in [2.45, 2.75) is 68.0 Å². The van der Waals surface area contributed by atoms with E-state index >= 15 is 0 Å². The second kappa shape index (κ2) is 12.6. The fourth-order valence-electron chi connectivity index (χ4n) is 7.29. The Morgan fingerprint density at radius 1 is 1.19 bits per heavy atom. The van der Waals surface area contributed by atoms with Gasteiger partial charge in [0.15, 0.2) is 0 Å². The molecule has 2 aromatic carbocycles. The molecule has 3 aliphatic rings. The van der Waals surface area contributed by atoms with E-state index < -0.39 is 28.7 Å². The minimum Gasteiger partial charge on any atom is -0.465 e. The normalized spacial score (nSPS) is 26.9. The Kier molecular flexibility index (Phi) is 9.14. The summed E-state index contributed by atoms with van der Waals surface area (Å²) >= 11 is 1.62. The number of hydrogen-bond donors (Lipinski definition) is 1. The summed E-state index contributed by atoms with van der Waals surface area (Å²) in [7, 11) is 0. The van der Waals surface area contributed by atoms with E-state index in [1.165, 1.54) is 0 Å². The maximum atomic E-state index is 14.8. The number of nitrogens with zero attached hydrogens (tertiary/aromatic N) is 2. The van der Waals surface area contributed by atoms with Gasteiger partial charge in [-0.2, -0.15) is 0 Å². The number of thioether (sulfide) groups is 1. The number of carbonyl (C=O) groups excluding carboxylic acids is 3. The Morgan fingerprint density at radius 2 is 1.95 bits per heavy atom. The second-order valence-corrected chi connectivity index (χ2v) is 13.7. The predicted octanol–water partition coefficient (Wildman–Crippen LogP) is 5.37. The van der Waals surface area contributed by atoms with Crippen molar-refractivity contribution in [3.63, 3.8) is 0 Å². The third kappa shape index (κ3) is 5.28. The van der Waals surface area contributed by atoms with Crippen LogP contribution in [0.4, 0.5) is 5.69 Å². The maximum absolute atomic E-state index is 14.8. The van der Waals surface area contributed by atoms with Crippen LogP contribution in [-0.4, -0.2) is 69.6 Å². The topological polar surface area (TPSA) is 87.2 Å². The Hall–Kier alpha value is -3.10. The van der Waals surface area contributed by atoms with Gasteiger partial charge in [-0.25, -0.2) is 0 Å². The second-order valence-electron chi connectivity index (χ2n) is 12.1. The number of likely N-dealkylation sites (tertiary alicyclic amines) is 1. The lowest BCUT2D eigenvalue weighted by Gasteiger charge is -2.40. The van der Waals surface area contributed by atoms with Gasteiger partial charge in [-0.3, -0.25) is 14.4 Å². The van der Waals surface area contributed by atoms with Crippen LogP contribution in [0.3, 0.4) is 0 Å². The van der Waals surface area contributed by atoms with E-state index in [-0.39, 0.29) is 48.7 Å². The molecule has 3 aliphatic heterocycles. The molecule has 3 saturated heterocycles. The molecule has 0 radical (unpaired) electrons. The number of esters is 1. The van der Waals surface area contributed by atoms with Crippen LogP contribution in [0.2, 0.25) is 0 Å². The van der Waals surface area contributed by atoms with E-state index in [9.17, 15) is 19.5 Å². The molecule has 224 valence electrons. The number of fused-ring (bicyclic) bond motifs is 2. The number of ether oxygens (including phenoxy) is 1. The Morgan fingerprint density at radius 3 is 2.64 bits per heavy atom. The van der Waals surface area contributed by atoms with E-state index in [0.717, 1.165) is 29.3 Å². The van der Waals surface area contributed by atoms with Crippen molar-refractivity contribution in [2.75, 3.05) is 24.7 Å². The molecule has 1 spiro atoms. The summed E-state index contributed by atoms with van der Waals surface area (Å²) in [6, 6.07) is 12.6. The number of carbonyl (C=O) groups is 3. The third-order valence-electron chi connectivity index (χ3n) is 9.01. The van der Waals surface area contributed by atoms with Crippen molar-refractivity contribution in [1.82, 2.24) is 4.90 Å². The van der Waals surface area contributed by atoms with Crippen LogP contribution >= 0.6 is 11.8 Å². The number of unbranched alkanes of at least 4 members (excludes halogenated alkanes) is 1. The molecule has 0 saturated carbocycles. The summed E-state index contributed by atoms with van der Waals surface area (Å²) in [5.41, 5.74) is 0.728. The molecule has 0 aromatic heterocycles. The van der Waals surface area contributed by atoms with Crippen molar-refractivity contribution >= 4 is 46.0 Å². The molecule has 8 heteroatoms. The van der Waals surface area contributed by atoms with Gasteiger partial charge in [-0.05, 0) is 60.9 Å². The van der Waals surface area contributed by atoms with E-state index in [2.05, 4.69) is 13.2 Å². The van der Waals surface area contributed by atoms with Crippen LogP contribution < -0.4 is 4.90 Å². The number of rotatable bonds is 13. The van der Waals surface area contributed by atoms with Gasteiger partial charge in [0.1, 0.15) is 6.04 Å². The molecule has 1 N–H and O–H groups in total. The molecule has 3 heterocycles. The van der Waals surface area contributed by atoms with Gasteiger partial charge in [-0.1, -0.05) is 56.3 Å². The van der Waals surface area contributed by atoms with Gasteiger partial charge < -0.3 is 19.6 Å². The maximum Gasteiger partial charge on any atom is 0.310 e. The van der Waals surface area contributed by atoms with Gasteiger partial charge in [0.05, 0.1) is 35.8 Å². The molecule has 2 unspecified atom stereocenters. The first kappa shape index (κ1) is 30.4. The summed E-state index contributed by atoms with van der Waals surface area (Å²) in [5, 5.41) is 12.6. The number of aliphatic hydroxyl groups is 1. The van der Waals surface area contributed by atoms with Gasteiger partial charge >= 0.3 is 5.97 Å². The number of anilines is 1. The van der Waals surface area contributed by atoms with Gasteiger partial charge in [-0.15, -0.1) is 24.9 Å². The van der Waals surface area contributed by atoms with Crippen LogP contribution in [0.1, 0.15) is 46.0 Å². The minimum atomic E-state index is -0.814. The molecule has 7 nitrogen and oxygen atoms in total. The number of allylic oxidation sites excluding steroid dienone is 1. The van der Waals surface area contributed by atoms with Crippen LogP contribution in [-0.2, 0) is 19.1 Å². The molecule has 5 rings (SSSR count). The lowest BCUT2D eigenvalue weighted by atomic mass is 9.71. The molecule has 3 fully saturated rings. The highest BCUT2D eigenvalue weighted by molar-refractivity contribution is 8.02. The minimum absolute atomic E-state index is 0.0745. The smallest absolute Gasteiger partial charge is 0.310 e. The highest BCUT2D eigenvalue weighted by atomic mass is 32.2. The largest absolute Gasteiger partial charge is 0.465 e. The van der Waals surface area contributed by atoms with Crippen LogP contribution in [0.15, 0.2) is 67.8 Å². The lowest BCUT2D eigenvalue weighted by Crippen LogP contribution is -2.57. The fraction of sp³-hybridized carbons (Fsp3) is 0.500. The first-order valence-corrected chi connectivity index (χ1v) is 15.9. The third-order valence-corrected chi connectivity index (χ3v) is 11.0. The molecule has 2 aromatic rings. The van der Waals surface area contributed by atoms with Crippen LogP contribution in [0.5, 0.6) is 0 Å². The predicted molar refractivity (Wildman–Crippen MR) is 168 cm³/mol. The molecule has 42 heavy (non-hydrogen) atoms. The van der Waals surface area contributed by atoms with E-state index in [4.69, 9.17) is 4.74 Å². The Bertz CT molecular complexity index is 1360. The lowest BCUT2D eigenvalue weighted by molar-refractivity contribution is -0.154. The number of hydrogen-bond acceptors (Lipinski definition) is 6. The van der Waals surface area contributed by atoms with Crippen molar-refractivity contribution in [2.24, 2.45) is 17.8 Å². The summed E-state index contributed by atoms with van der Waals surface area (Å²) in [6.45, 7) is 12.0. The number of aliphatic hydroxyl groups excluding tert-OH is 1. The molecule has 2 amide bonds. The molecule has 2 bridgehead atoms. The first-order valence-electron chi connectivity index (χ1n) is 15.1. The summed E-state index contributed by atoms with van der Waals surface area (Å²) in [6.07, 6.45) is 6.86. The van der Waals surface area contributed by atoms with E-state index in [0.29, 0.717) is 19.3 Å². The fourth-order valence-corrected chi connectivity index (χ4v) is 9.48. The molecular formula is C34H42N2O5S. The van der Waals surface area contributed by atoms with E-state index in [1.54, 1.807) is 33.7 Å². The quantitative estimate of drug-likeness (QED) is 0.192. The summed E-state index contributed by atoms with van der Waals surface area (Å²) in [4.78, 5) is 46.1. The monoisotopic (exact) mass is 590 g/mol. The number of benzene rings is 2. The average molecular weight is 591 g/mol. The van der Waals surface area contributed by atoms with Gasteiger partial charge in [0.25, 0.3) is 5.91 Å². The Labute approximate surface area is 253 Å². The highest BCUT2D eigenvalue weighted by Gasteiger charge is 2.74. The Balaban J connectivity index is 1.55. The zero-order valence-electron chi connectivity index (χ0n) is 24.6. The van der Waals surface area contributed by atoms with Gasteiger partial charge in [0.2, 0.25) is 5.91 Å². The highest BCUT2D eigenvalue weighted by Crippen LogP contribution is 2.67. The first-order chi connectivity index (χ1) is 20.3. The molecular weight excluding hydrogens is 548 g/mol. The van der Waals surface area contributed by atoms with Crippen molar-refractivity contribution < 1.29 is 24.2 Å². The van der Waals surface area contributed by atoms with Crippen molar-refractivity contribution in [3.8, 4) is 0 Å². The summed E-state index contributed by atoms with van der Waals surface area (Å²) < 4.78 is 4.92. The van der Waals surface area contributed by atoms with Crippen LogP contribution in [0, 0.1) is 17.8 Å². The zero-order chi connectivity index (χ0) is 30.0. The summed E-state index contributed by atoms with van der Waals surface area (Å²) in [5.74, 6) is -1.84. The van der Waals surface area contributed by atoms with Gasteiger partial charge in [0, 0.05) is 17.5 Å². The van der Waals surface area contributed by atoms with E-state index in [1.807, 2.05) is 56.3 Å². The SMILES string of the molecule is C=CCCCOC(=O)[C@@H]1[C@@H]2CCC3(S2)C(C(=O)N(CC=C)c2ccc4ccccc4c2)N([C@@H](CO)CC(C)C)C(=O)[C@H]13. The number of amides is 2.